The number of nitrogens with zero attached hydrogens (tertiary/aromatic N) is 1. The molecule has 1 fully saturated rings. The van der Waals surface area contributed by atoms with Crippen molar-refractivity contribution < 1.29 is 0 Å². The zero-order valence-electron chi connectivity index (χ0n) is 9.70. The van der Waals surface area contributed by atoms with Gasteiger partial charge in [0, 0.05) is 30.9 Å². The molecule has 0 saturated carbocycles. The molecule has 1 aromatic rings. The van der Waals surface area contributed by atoms with Gasteiger partial charge in [-0.2, -0.15) is 0 Å². The lowest BCUT2D eigenvalue weighted by molar-refractivity contribution is 0.407. The van der Waals surface area contributed by atoms with E-state index in [-0.39, 0.29) is 0 Å². The number of hydrogen-bond donors (Lipinski definition) is 2. The van der Waals surface area contributed by atoms with E-state index in [0.29, 0.717) is 17.8 Å². The van der Waals surface area contributed by atoms with Gasteiger partial charge in [0.05, 0.1) is 10.7 Å². The maximum atomic E-state index is 6.22. The van der Waals surface area contributed by atoms with E-state index in [2.05, 4.69) is 24.1 Å². The normalized spacial score (nSPS) is 25.8. The van der Waals surface area contributed by atoms with Gasteiger partial charge >= 0.3 is 0 Å². The zero-order valence-corrected chi connectivity index (χ0v) is 10.5. The van der Waals surface area contributed by atoms with Crippen molar-refractivity contribution in [2.45, 2.75) is 25.9 Å². The molecule has 0 radical (unpaired) electrons. The van der Waals surface area contributed by atoms with Gasteiger partial charge in [0.15, 0.2) is 0 Å². The molecule has 3 N–H and O–H groups in total. The van der Waals surface area contributed by atoms with E-state index < -0.39 is 0 Å². The van der Waals surface area contributed by atoms with Crippen molar-refractivity contribution >= 4 is 23.0 Å². The fourth-order valence-electron chi connectivity index (χ4n) is 2.30. The van der Waals surface area contributed by atoms with E-state index in [1.807, 2.05) is 18.2 Å². The number of nitrogen functional groups attached to an aromatic ring is 1. The molecule has 1 aliphatic heterocycles. The average Bonchev–Trinajstić information content (AvgIpc) is 2.15. The van der Waals surface area contributed by atoms with Crippen molar-refractivity contribution in [3.05, 3.63) is 23.2 Å². The second-order valence-corrected chi connectivity index (χ2v) is 4.99. The molecule has 0 amide bonds. The van der Waals surface area contributed by atoms with Crippen LogP contribution in [-0.4, -0.2) is 25.2 Å². The Morgan fingerprint density at radius 3 is 2.50 bits per heavy atom. The van der Waals surface area contributed by atoms with Crippen LogP contribution in [0.2, 0.25) is 5.02 Å². The van der Waals surface area contributed by atoms with E-state index >= 15 is 0 Å². The van der Waals surface area contributed by atoms with E-state index in [4.69, 9.17) is 17.3 Å². The Hall–Kier alpha value is -0.930. The van der Waals surface area contributed by atoms with Crippen LogP contribution in [0.25, 0.3) is 0 Å². The van der Waals surface area contributed by atoms with Crippen LogP contribution < -0.4 is 16.0 Å². The first kappa shape index (κ1) is 11.6. The SMILES string of the molecule is C[C@H]1CN(c2ccc(N)cc2Cl)C[C@H](C)N1. The van der Waals surface area contributed by atoms with Crippen LogP contribution in [-0.2, 0) is 0 Å². The number of nitrogens with one attached hydrogen (secondary N) is 1. The molecule has 0 unspecified atom stereocenters. The van der Waals surface area contributed by atoms with Crippen LogP contribution in [0.4, 0.5) is 11.4 Å². The molecule has 0 aliphatic carbocycles. The van der Waals surface area contributed by atoms with Crippen molar-refractivity contribution in [1.82, 2.24) is 5.32 Å². The van der Waals surface area contributed by atoms with E-state index in [9.17, 15) is 0 Å². The lowest BCUT2D eigenvalue weighted by Crippen LogP contribution is -2.54. The molecule has 88 valence electrons. The fraction of sp³-hybridized carbons (Fsp3) is 0.500. The Labute approximate surface area is 102 Å². The van der Waals surface area contributed by atoms with Crippen LogP contribution in [0, 0.1) is 0 Å². The van der Waals surface area contributed by atoms with E-state index in [1.165, 1.54) is 0 Å². The monoisotopic (exact) mass is 239 g/mol. The quantitative estimate of drug-likeness (QED) is 0.738. The summed E-state index contributed by atoms with van der Waals surface area (Å²) in [5.74, 6) is 0. The van der Waals surface area contributed by atoms with Gasteiger partial charge in [0.1, 0.15) is 0 Å². The molecule has 2 rings (SSSR count). The first-order chi connectivity index (χ1) is 7.56. The molecule has 16 heavy (non-hydrogen) atoms. The van der Waals surface area contributed by atoms with Crippen molar-refractivity contribution in [3.8, 4) is 0 Å². The molecule has 0 aromatic heterocycles. The van der Waals surface area contributed by atoms with Crippen molar-refractivity contribution in [1.29, 1.82) is 0 Å². The summed E-state index contributed by atoms with van der Waals surface area (Å²) in [5, 5.41) is 4.24. The maximum absolute atomic E-state index is 6.22. The highest BCUT2D eigenvalue weighted by molar-refractivity contribution is 6.33. The largest absolute Gasteiger partial charge is 0.399 e. The lowest BCUT2D eigenvalue weighted by Gasteiger charge is -2.38. The van der Waals surface area contributed by atoms with Gasteiger partial charge in [-0.15, -0.1) is 0 Å². The summed E-state index contributed by atoms with van der Waals surface area (Å²) in [7, 11) is 0. The Morgan fingerprint density at radius 2 is 1.94 bits per heavy atom. The second-order valence-electron chi connectivity index (χ2n) is 4.58. The third-order valence-corrected chi connectivity index (χ3v) is 3.17. The Morgan fingerprint density at radius 1 is 1.31 bits per heavy atom. The molecule has 1 aromatic carbocycles. The summed E-state index contributed by atoms with van der Waals surface area (Å²) >= 11 is 6.22. The highest BCUT2D eigenvalue weighted by Crippen LogP contribution is 2.29. The first-order valence-corrected chi connectivity index (χ1v) is 6.00. The van der Waals surface area contributed by atoms with Crippen molar-refractivity contribution in [2.75, 3.05) is 23.7 Å². The predicted molar refractivity (Wildman–Crippen MR) is 70.1 cm³/mol. The summed E-state index contributed by atoms with van der Waals surface area (Å²) in [6.07, 6.45) is 0. The van der Waals surface area contributed by atoms with Gasteiger partial charge in [0.2, 0.25) is 0 Å². The number of benzene rings is 1. The van der Waals surface area contributed by atoms with Crippen molar-refractivity contribution in [3.63, 3.8) is 0 Å². The minimum Gasteiger partial charge on any atom is -0.399 e. The number of nitrogens with two attached hydrogens (primary N) is 1. The zero-order chi connectivity index (χ0) is 11.7. The number of halogens is 1. The maximum Gasteiger partial charge on any atom is 0.0660 e. The van der Waals surface area contributed by atoms with Gasteiger partial charge < -0.3 is 16.0 Å². The van der Waals surface area contributed by atoms with E-state index in [0.717, 1.165) is 23.8 Å². The van der Waals surface area contributed by atoms with Gasteiger partial charge in [-0.25, -0.2) is 0 Å². The predicted octanol–water partition coefficient (Wildman–Crippen LogP) is 2.11. The highest BCUT2D eigenvalue weighted by Gasteiger charge is 2.22. The number of rotatable bonds is 1. The summed E-state index contributed by atoms with van der Waals surface area (Å²) in [6.45, 7) is 6.34. The Kier molecular flexibility index (Phi) is 3.26. The molecule has 1 heterocycles. The van der Waals surface area contributed by atoms with Gasteiger partial charge in [-0.3, -0.25) is 0 Å². The Balaban J connectivity index is 2.23. The average molecular weight is 240 g/mol. The minimum atomic E-state index is 0.484. The molecule has 4 heteroatoms. The number of anilines is 2. The summed E-state index contributed by atoms with van der Waals surface area (Å²) in [6, 6.07) is 6.68. The van der Waals surface area contributed by atoms with Gasteiger partial charge in [-0.1, -0.05) is 11.6 Å². The highest BCUT2D eigenvalue weighted by atomic mass is 35.5. The molecule has 1 aliphatic rings. The molecule has 1 saturated heterocycles. The lowest BCUT2D eigenvalue weighted by atomic mass is 10.1. The van der Waals surface area contributed by atoms with Crippen LogP contribution in [0.1, 0.15) is 13.8 Å². The molecular weight excluding hydrogens is 222 g/mol. The van der Waals surface area contributed by atoms with Gasteiger partial charge in [-0.05, 0) is 32.0 Å². The summed E-state index contributed by atoms with van der Waals surface area (Å²) in [5.41, 5.74) is 7.49. The molecule has 2 atom stereocenters. The molecule has 0 bridgehead atoms. The van der Waals surface area contributed by atoms with Crippen molar-refractivity contribution in [2.24, 2.45) is 0 Å². The third kappa shape index (κ3) is 2.42. The first-order valence-electron chi connectivity index (χ1n) is 5.62. The Bertz CT molecular complexity index is 371. The third-order valence-electron chi connectivity index (χ3n) is 2.87. The minimum absolute atomic E-state index is 0.484. The molecule has 3 nitrogen and oxygen atoms in total. The fourth-order valence-corrected chi connectivity index (χ4v) is 2.61. The number of piperazine rings is 1. The van der Waals surface area contributed by atoms with Crippen LogP contribution in [0.5, 0.6) is 0 Å². The van der Waals surface area contributed by atoms with E-state index in [1.54, 1.807) is 0 Å². The second kappa shape index (κ2) is 4.52. The molecular formula is C12H18ClN3. The van der Waals surface area contributed by atoms with Crippen LogP contribution >= 0.6 is 11.6 Å². The smallest absolute Gasteiger partial charge is 0.0660 e. The standard InChI is InChI=1S/C12H18ClN3/c1-8-6-16(7-9(2)15-8)12-4-3-10(14)5-11(12)13/h3-5,8-9,15H,6-7,14H2,1-2H3/t8-,9-/m0/s1. The number of hydrogen-bond acceptors (Lipinski definition) is 3. The summed E-state index contributed by atoms with van der Waals surface area (Å²) in [4.78, 5) is 2.31. The van der Waals surface area contributed by atoms with Crippen LogP contribution in [0.3, 0.4) is 0 Å². The van der Waals surface area contributed by atoms with Crippen LogP contribution in [0.15, 0.2) is 18.2 Å². The molecule has 0 spiro atoms. The van der Waals surface area contributed by atoms with Gasteiger partial charge in [0.25, 0.3) is 0 Å². The topological polar surface area (TPSA) is 41.3 Å². The summed E-state index contributed by atoms with van der Waals surface area (Å²) < 4.78 is 0.